The average Bonchev–Trinajstić information content (AvgIpc) is 3.52. The second-order valence-corrected chi connectivity index (χ2v) is 10.6. The molecule has 0 saturated carbocycles. The van der Waals surface area contributed by atoms with Crippen LogP contribution in [0.4, 0.5) is 0 Å². The summed E-state index contributed by atoms with van der Waals surface area (Å²) in [5, 5.41) is 7.84. The molecule has 0 radical (unpaired) electrons. The molecule has 39 heavy (non-hydrogen) atoms. The number of benzene rings is 7. The zero-order chi connectivity index (χ0) is 25.5. The van der Waals surface area contributed by atoms with Gasteiger partial charge in [-0.15, -0.1) is 0 Å². The van der Waals surface area contributed by atoms with Crippen LogP contribution < -0.4 is 0 Å². The maximum Gasteiger partial charge on any atom is 0.0547 e. The first-order chi connectivity index (χ1) is 19.3. The molecule has 0 unspecified atom stereocenters. The van der Waals surface area contributed by atoms with Gasteiger partial charge in [-0.25, -0.2) is 0 Å². The van der Waals surface area contributed by atoms with Gasteiger partial charge in [-0.05, 0) is 97.4 Å². The van der Waals surface area contributed by atoms with E-state index >= 15 is 0 Å². The zero-order valence-electron chi connectivity index (χ0n) is 21.2. The lowest BCUT2D eigenvalue weighted by molar-refractivity contribution is 1.18. The maximum atomic E-state index is 2.39. The number of hydrogen-bond acceptors (Lipinski definition) is 0. The minimum absolute atomic E-state index is 1.19. The summed E-state index contributed by atoms with van der Waals surface area (Å²) in [6.07, 6.45) is 0. The molecule has 0 bridgehead atoms. The molecule has 8 aromatic rings. The van der Waals surface area contributed by atoms with Crippen LogP contribution in [0, 0.1) is 0 Å². The van der Waals surface area contributed by atoms with E-state index in [0.717, 1.165) is 0 Å². The molecule has 0 N–H and O–H groups in total. The molecule has 180 valence electrons. The van der Waals surface area contributed by atoms with E-state index in [9.17, 15) is 0 Å². The lowest BCUT2D eigenvalue weighted by atomic mass is 9.94. The highest BCUT2D eigenvalue weighted by molar-refractivity contribution is 6.22. The molecule has 0 amide bonds. The maximum absolute atomic E-state index is 2.39. The van der Waals surface area contributed by atoms with E-state index < -0.39 is 0 Å². The molecule has 0 saturated heterocycles. The Morgan fingerprint density at radius 1 is 0.359 bits per heavy atom. The second-order valence-electron chi connectivity index (χ2n) is 10.6. The molecule has 0 fully saturated rings. The van der Waals surface area contributed by atoms with Gasteiger partial charge in [-0.2, -0.15) is 0 Å². The predicted molar refractivity (Wildman–Crippen MR) is 166 cm³/mol. The average molecular weight is 494 g/mol. The molecule has 0 atom stereocenters. The van der Waals surface area contributed by atoms with Gasteiger partial charge < -0.3 is 4.57 Å². The first-order valence-electron chi connectivity index (χ1n) is 13.5. The van der Waals surface area contributed by atoms with Gasteiger partial charge in [0.05, 0.1) is 11.0 Å². The standard InChI is InChI=1S/C38H23N/c1-2-10-28(11-3-1)39-35-16-7-6-14-33(35)38-29-19-17-24(21-25(29)18-20-36(38)39)27-22-26-9-8-15-32-30-12-4-5-13-31(30)34(23-27)37(26)32/h1-23H. The molecular weight excluding hydrogens is 470 g/mol. The van der Waals surface area contributed by atoms with Crippen molar-refractivity contribution in [2.75, 3.05) is 0 Å². The normalized spacial score (nSPS) is 12.1. The third-order valence-electron chi connectivity index (χ3n) is 8.49. The molecule has 0 spiro atoms. The molecule has 9 rings (SSSR count). The first kappa shape index (κ1) is 20.9. The molecule has 1 aromatic heterocycles. The Bertz CT molecular complexity index is 2270. The van der Waals surface area contributed by atoms with Crippen molar-refractivity contribution >= 4 is 43.4 Å². The van der Waals surface area contributed by atoms with Gasteiger partial charge in [0.2, 0.25) is 0 Å². The van der Waals surface area contributed by atoms with E-state index in [4.69, 9.17) is 0 Å². The third-order valence-corrected chi connectivity index (χ3v) is 8.49. The fraction of sp³-hybridized carbons (Fsp3) is 0. The van der Waals surface area contributed by atoms with Gasteiger partial charge in [0.1, 0.15) is 0 Å². The summed E-state index contributed by atoms with van der Waals surface area (Å²) >= 11 is 0. The number of rotatable bonds is 2. The molecule has 7 aromatic carbocycles. The minimum atomic E-state index is 1.19. The van der Waals surface area contributed by atoms with E-state index in [0.29, 0.717) is 0 Å². The number of aromatic nitrogens is 1. The number of nitrogens with zero attached hydrogens (tertiary/aromatic N) is 1. The topological polar surface area (TPSA) is 4.93 Å². The van der Waals surface area contributed by atoms with Crippen LogP contribution >= 0.6 is 0 Å². The summed E-state index contributed by atoms with van der Waals surface area (Å²) in [5.41, 5.74) is 11.5. The van der Waals surface area contributed by atoms with Gasteiger partial charge in [-0.1, -0.05) is 97.1 Å². The van der Waals surface area contributed by atoms with Crippen LogP contribution in [0.15, 0.2) is 140 Å². The van der Waals surface area contributed by atoms with Gasteiger partial charge in [-0.3, -0.25) is 0 Å². The highest BCUT2D eigenvalue weighted by Gasteiger charge is 2.22. The van der Waals surface area contributed by atoms with Crippen LogP contribution in [0.25, 0.3) is 82.4 Å². The van der Waals surface area contributed by atoms with Crippen molar-refractivity contribution in [2.24, 2.45) is 0 Å². The Morgan fingerprint density at radius 2 is 1.10 bits per heavy atom. The largest absolute Gasteiger partial charge is 0.309 e. The van der Waals surface area contributed by atoms with E-state index in [2.05, 4.69) is 144 Å². The van der Waals surface area contributed by atoms with Gasteiger partial charge in [0, 0.05) is 16.5 Å². The minimum Gasteiger partial charge on any atom is -0.309 e. The van der Waals surface area contributed by atoms with Crippen molar-refractivity contribution in [1.29, 1.82) is 0 Å². The Labute approximate surface area is 226 Å². The van der Waals surface area contributed by atoms with Gasteiger partial charge in [0.25, 0.3) is 0 Å². The number of hydrogen-bond donors (Lipinski definition) is 0. The Hall–Kier alpha value is -5.14. The Kier molecular flexibility index (Phi) is 4.11. The first-order valence-corrected chi connectivity index (χ1v) is 13.5. The highest BCUT2D eigenvalue weighted by Crippen LogP contribution is 2.48. The van der Waals surface area contributed by atoms with E-state index in [1.807, 2.05) is 0 Å². The zero-order valence-corrected chi connectivity index (χ0v) is 21.2. The third kappa shape index (κ3) is 2.85. The quantitative estimate of drug-likeness (QED) is 0.226. The van der Waals surface area contributed by atoms with Crippen LogP contribution in [-0.4, -0.2) is 4.57 Å². The second kappa shape index (κ2) is 7.69. The Balaban J connectivity index is 1.29. The van der Waals surface area contributed by atoms with Crippen LogP contribution in [-0.2, 0) is 0 Å². The highest BCUT2D eigenvalue weighted by atomic mass is 15.0. The van der Waals surface area contributed by atoms with Crippen molar-refractivity contribution in [3.05, 3.63) is 140 Å². The fourth-order valence-corrected chi connectivity index (χ4v) is 6.82. The summed E-state index contributed by atoms with van der Waals surface area (Å²) in [6, 6.07) is 51.2. The summed E-state index contributed by atoms with van der Waals surface area (Å²) < 4.78 is 2.39. The number of para-hydroxylation sites is 2. The van der Waals surface area contributed by atoms with Gasteiger partial charge >= 0.3 is 0 Å². The summed E-state index contributed by atoms with van der Waals surface area (Å²) in [4.78, 5) is 0. The lowest BCUT2D eigenvalue weighted by Crippen LogP contribution is -1.92. The molecule has 1 aliphatic rings. The SMILES string of the molecule is c1ccc(-n2c3ccccc3c3c4ccc(-c5cc6c7c(cccc7c5)-c5ccccc5-6)cc4ccc32)cc1. The molecule has 1 heterocycles. The fourth-order valence-electron chi connectivity index (χ4n) is 6.82. The smallest absolute Gasteiger partial charge is 0.0547 e. The van der Waals surface area contributed by atoms with Crippen molar-refractivity contribution in [3.63, 3.8) is 0 Å². The van der Waals surface area contributed by atoms with Crippen LogP contribution in [0.2, 0.25) is 0 Å². The molecule has 1 aliphatic carbocycles. The van der Waals surface area contributed by atoms with E-state index in [1.54, 1.807) is 0 Å². The predicted octanol–water partition coefficient (Wildman–Crippen LogP) is 10.4. The monoisotopic (exact) mass is 493 g/mol. The summed E-state index contributed by atoms with van der Waals surface area (Å²) in [7, 11) is 0. The summed E-state index contributed by atoms with van der Waals surface area (Å²) in [5.74, 6) is 0. The molecule has 1 nitrogen and oxygen atoms in total. The van der Waals surface area contributed by atoms with Crippen molar-refractivity contribution in [1.82, 2.24) is 4.57 Å². The van der Waals surface area contributed by atoms with Crippen LogP contribution in [0.1, 0.15) is 0 Å². The van der Waals surface area contributed by atoms with E-state index in [-0.39, 0.29) is 0 Å². The van der Waals surface area contributed by atoms with Crippen LogP contribution in [0.5, 0.6) is 0 Å². The number of fused-ring (bicyclic) bond motifs is 8. The summed E-state index contributed by atoms with van der Waals surface area (Å²) in [6.45, 7) is 0. The molecular formula is C38H23N. The van der Waals surface area contributed by atoms with Crippen LogP contribution in [0.3, 0.4) is 0 Å². The Morgan fingerprint density at radius 3 is 2.00 bits per heavy atom. The van der Waals surface area contributed by atoms with Crippen molar-refractivity contribution in [2.45, 2.75) is 0 Å². The van der Waals surface area contributed by atoms with E-state index in [1.165, 1.54) is 82.4 Å². The molecule has 1 heteroatoms. The van der Waals surface area contributed by atoms with Crippen molar-refractivity contribution < 1.29 is 0 Å². The van der Waals surface area contributed by atoms with Gasteiger partial charge in [0.15, 0.2) is 0 Å². The van der Waals surface area contributed by atoms with Crippen molar-refractivity contribution in [3.8, 4) is 39.1 Å². The molecule has 0 aliphatic heterocycles. The lowest BCUT2D eigenvalue weighted by Gasteiger charge is -2.10.